The lowest BCUT2D eigenvalue weighted by atomic mass is 9.88. The average molecular weight is 543 g/mol. The zero-order chi connectivity index (χ0) is 27.4. The molecule has 0 saturated carbocycles. The quantitative estimate of drug-likeness (QED) is 0.249. The molecule has 1 rings (SSSR count). The Bertz CT molecular complexity index is 851. The van der Waals surface area contributed by atoms with Crippen LogP contribution in [0.4, 0.5) is 74.6 Å². The lowest BCUT2D eigenvalue weighted by Crippen LogP contribution is -2.74. The number of rotatable bonds is 10. The Morgan fingerprint density at radius 2 is 0.971 bits per heavy atom. The molecule has 0 atom stereocenters. The maximum atomic E-state index is 13.7. The molecule has 0 aliphatic rings. The molecule has 0 aromatic carbocycles. The summed E-state index contributed by atoms with van der Waals surface area (Å²) < 4.78 is 226. The lowest BCUT2D eigenvalue weighted by Gasteiger charge is -2.42. The molecule has 1 heterocycles. The largest absolute Gasteiger partial charge is 0.460 e. The number of halogens is 17. The van der Waals surface area contributed by atoms with Gasteiger partial charge in [0.2, 0.25) is 6.33 Å². The molecule has 0 N–H and O–H groups in total. The van der Waals surface area contributed by atoms with E-state index >= 15 is 0 Å². The van der Waals surface area contributed by atoms with Crippen LogP contribution in [0, 0.1) is 0 Å². The van der Waals surface area contributed by atoms with Crippen LogP contribution in [-0.2, 0) is 13.6 Å². The Kier molecular flexibility index (Phi) is 7.34. The molecule has 1 aromatic heterocycles. The summed E-state index contributed by atoms with van der Waals surface area (Å²) in [5.74, 6) is -55.9. The molecule has 2 nitrogen and oxygen atoms in total. The first kappa shape index (κ1) is 30.1. The van der Waals surface area contributed by atoms with E-state index in [1.807, 2.05) is 0 Å². The van der Waals surface area contributed by atoms with Crippen molar-refractivity contribution < 1.29 is 79.2 Å². The number of aryl methyl sites for hydroxylation is 2. The summed E-state index contributed by atoms with van der Waals surface area (Å²) >= 11 is 0. The summed E-state index contributed by atoms with van der Waals surface area (Å²) in [5, 5.41) is 0. The van der Waals surface area contributed by atoms with Crippen molar-refractivity contribution in [2.24, 2.45) is 7.05 Å². The monoisotopic (exact) mass is 543 g/mol. The van der Waals surface area contributed by atoms with E-state index in [4.69, 9.17) is 0 Å². The molecule has 0 spiro atoms. The van der Waals surface area contributed by atoms with E-state index in [0.717, 1.165) is 17.1 Å². The van der Waals surface area contributed by atoms with Crippen molar-refractivity contribution in [3.63, 3.8) is 0 Å². The molecule has 0 bridgehead atoms. The van der Waals surface area contributed by atoms with E-state index < -0.39 is 67.0 Å². The van der Waals surface area contributed by atoms with E-state index in [1.165, 1.54) is 17.8 Å². The molecule has 0 aliphatic carbocycles. The second-order valence-electron chi connectivity index (χ2n) is 7.07. The number of alkyl halides is 17. The lowest BCUT2D eigenvalue weighted by molar-refractivity contribution is -0.671. The van der Waals surface area contributed by atoms with Gasteiger partial charge in [0, 0.05) is 6.42 Å². The molecule has 0 aliphatic heterocycles. The fraction of sp³-hybridized carbons (Fsp3) is 0.800. The standard InChI is InChI=1S/C15H12F17N2/c1-33-5-6-34(7-33)4-2-3-8(16,17)9(18,19)10(20,21)11(22,23)12(24,25)13(26,27)14(28,29)15(30,31)32/h5-7H,2-4H2,1H3/q+1. The molecule has 0 unspecified atom stereocenters. The fourth-order valence-electron chi connectivity index (χ4n) is 2.47. The molecule has 0 amide bonds. The van der Waals surface area contributed by atoms with Gasteiger partial charge in [-0.25, -0.2) is 9.13 Å². The normalized spacial score (nSPS) is 15.7. The average Bonchev–Trinajstić information content (AvgIpc) is 3.04. The van der Waals surface area contributed by atoms with Crippen LogP contribution in [0.25, 0.3) is 0 Å². The van der Waals surface area contributed by atoms with Crippen molar-refractivity contribution in [1.82, 2.24) is 4.57 Å². The van der Waals surface area contributed by atoms with Crippen molar-refractivity contribution in [3.8, 4) is 0 Å². The van der Waals surface area contributed by atoms with Gasteiger partial charge in [0.15, 0.2) is 0 Å². The van der Waals surface area contributed by atoms with Gasteiger partial charge in [-0.2, -0.15) is 74.6 Å². The molecule has 0 saturated heterocycles. The van der Waals surface area contributed by atoms with E-state index in [2.05, 4.69) is 0 Å². The predicted molar refractivity (Wildman–Crippen MR) is 75.5 cm³/mol. The van der Waals surface area contributed by atoms with Crippen LogP contribution in [-0.4, -0.2) is 52.2 Å². The Hall–Kier alpha value is -1.98. The third kappa shape index (κ3) is 4.26. The van der Waals surface area contributed by atoms with Crippen LogP contribution in [0.5, 0.6) is 0 Å². The third-order valence-electron chi connectivity index (χ3n) is 4.52. The molecule has 0 radical (unpaired) electrons. The Balaban J connectivity index is 3.35. The first-order valence-corrected chi connectivity index (χ1v) is 8.45. The van der Waals surface area contributed by atoms with Gasteiger partial charge in [-0.1, -0.05) is 0 Å². The maximum Gasteiger partial charge on any atom is 0.460 e. The molecule has 1 aromatic rings. The van der Waals surface area contributed by atoms with Crippen LogP contribution in [0.3, 0.4) is 0 Å². The van der Waals surface area contributed by atoms with E-state index in [0.29, 0.717) is 0 Å². The van der Waals surface area contributed by atoms with Gasteiger partial charge >= 0.3 is 47.6 Å². The number of hydrogen-bond donors (Lipinski definition) is 0. The van der Waals surface area contributed by atoms with Gasteiger partial charge in [-0.05, 0) is 6.42 Å². The van der Waals surface area contributed by atoms with Crippen molar-refractivity contribution >= 4 is 0 Å². The van der Waals surface area contributed by atoms with E-state index in [-0.39, 0.29) is 0 Å². The van der Waals surface area contributed by atoms with Gasteiger partial charge in [0.1, 0.15) is 12.4 Å². The Morgan fingerprint density at radius 1 is 0.588 bits per heavy atom. The minimum Gasteiger partial charge on any atom is -0.240 e. The third-order valence-corrected chi connectivity index (χ3v) is 4.52. The topological polar surface area (TPSA) is 8.81 Å². The van der Waals surface area contributed by atoms with Crippen LogP contribution >= 0.6 is 0 Å². The van der Waals surface area contributed by atoms with Crippen molar-refractivity contribution in [3.05, 3.63) is 18.7 Å². The van der Waals surface area contributed by atoms with Gasteiger partial charge in [0.25, 0.3) is 0 Å². The molecular formula is C15H12F17N2+. The minimum atomic E-state index is -8.60. The SMILES string of the molecule is C[n+]1ccn(CCCC(F)(F)C(F)(F)C(F)(F)C(F)(F)C(F)(F)C(F)(F)C(F)(F)C(F)(F)F)c1. The molecular weight excluding hydrogens is 531 g/mol. The van der Waals surface area contributed by atoms with Crippen LogP contribution < -0.4 is 4.57 Å². The fourth-order valence-corrected chi connectivity index (χ4v) is 2.47. The maximum absolute atomic E-state index is 13.7. The van der Waals surface area contributed by atoms with E-state index in [9.17, 15) is 74.6 Å². The number of hydrogen-bond acceptors (Lipinski definition) is 0. The highest BCUT2D eigenvalue weighted by atomic mass is 19.4. The summed E-state index contributed by atoms with van der Waals surface area (Å²) in [5.41, 5.74) is 0. The summed E-state index contributed by atoms with van der Waals surface area (Å²) in [7, 11) is 1.39. The summed E-state index contributed by atoms with van der Waals surface area (Å²) in [4.78, 5) is 0. The minimum absolute atomic E-state index is 0.652. The van der Waals surface area contributed by atoms with Gasteiger partial charge in [0.05, 0.1) is 13.6 Å². The number of imidazole rings is 1. The first-order chi connectivity index (χ1) is 14.7. The zero-order valence-electron chi connectivity index (χ0n) is 16.2. The molecule has 19 heteroatoms. The first-order valence-electron chi connectivity index (χ1n) is 8.45. The van der Waals surface area contributed by atoms with Crippen molar-refractivity contribution in [2.45, 2.75) is 67.0 Å². The van der Waals surface area contributed by atoms with Gasteiger partial charge in [-0.3, -0.25) is 0 Å². The summed E-state index contributed by atoms with van der Waals surface area (Å²) in [6.45, 7) is -0.652. The Labute approximate surface area is 177 Å². The van der Waals surface area contributed by atoms with Gasteiger partial charge in [-0.15, -0.1) is 0 Å². The van der Waals surface area contributed by atoms with Crippen molar-refractivity contribution in [2.75, 3.05) is 0 Å². The summed E-state index contributed by atoms with van der Waals surface area (Å²) in [6.07, 6.45) is -7.84. The zero-order valence-corrected chi connectivity index (χ0v) is 16.2. The highest BCUT2D eigenvalue weighted by Gasteiger charge is 2.95. The van der Waals surface area contributed by atoms with E-state index in [1.54, 1.807) is 0 Å². The predicted octanol–water partition coefficient (Wildman–Crippen LogP) is 6.10. The number of aromatic nitrogens is 2. The highest BCUT2D eigenvalue weighted by molar-refractivity contribution is 5.15. The van der Waals surface area contributed by atoms with Crippen LogP contribution in [0.1, 0.15) is 12.8 Å². The summed E-state index contributed by atoms with van der Waals surface area (Å²) in [6, 6.07) is 0. The molecule has 34 heavy (non-hydrogen) atoms. The second kappa shape index (κ2) is 8.30. The highest BCUT2D eigenvalue weighted by Crippen LogP contribution is 2.64. The second-order valence-corrected chi connectivity index (χ2v) is 7.07. The number of nitrogens with zero attached hydrogens (tertiary/aromatic N) is 2. The van der Waals surface area contributed by atoms with Crippen molar-refractivity contribution in [1.29, 1.82) is 0 Å². The van der Waals surface area contributed by atoms with Crippen LogP contribution in [0.15, 0.2) is 18.7 Å². The molecule has 0 fully saturated rings. The smallest absolute Gasteiger partial charge is 0.240 e. The van der Waals surface area contributed by atoms with Gasteiger partial charge < -0.3 is 0 Å². The molecule has 200 valence electrons. The van der Waals surface area contributed by atoms with Crippen LogP contribution in [0.2, 0.25) is 0 Å². The Morgan fingerprint density at radius 3 is 1.32 bits per heavy atom.